The Morgan fingerprint density at radius 2 is 1.84 bits per heavy atom. The van der Waals surface area contributed by atoms with Crippen molar-refractivity contribution in [3.05, 3.63) is 41.3 Å². The second kappa shape index (κ2) is 5.67. The minimum absolute atomic E-state index is 0.157. The van der Waals surface area contributed by atoms with Gasteiger partial charge in [0.25, 0.3) is 0 Å². The molecule has 0 fully saturated rings. The van der Waals surface area contributed by atoms with Crippen LogP contribution in [0.4, 0.5) is 17.2 Å². The monoisotopic (exact) mass is 258 g/mol. The van der Waals surface area contributed by atoms with E-state index in [-0.39, 0.29) is 6.61 Å². The SMILES string of the molecule is Cc1nc(C)c(N)c(Nc2ccc(CCO)cc2)n1. The summed E-state index contributed by atoms with van der Waals surface area (Å²) in [5.74, 6) is 1.31. The molecule has 0 radical (unpaired) electrons. The van der Waals surface area contributed by atoms with E-state index in [0.717, 1.165) is 16.9 Å². The molecule has 4 N–H and O–H groups in total. The molecule has 0 amide bonds. The van der Waals surface area contributed by atoms with Gasteiger partial charge >= 0.3 is 0 Å². The van der Waals surface area contributed by atoms with E-state index in [2.05, 4.69) is 15.3 Å². The summed E-state index contributed by atoms with van der Waals surface area (Å²) in [4.78, 5) is 8.51. The van der Waals surface area contributed by atoms with Crippen LogP contribution in [0.3, 0.4) is 0 Å². The largest absolute Gasteiger partial charge is 0.396 e. The molecule has 1 heterocycles. The van der Waals surface area contributed by atoms with Crippen molar-refractivity contribution in [1.82, 2.24) is 9.97 Å². The highest BCUT2D eigenvalue weighted by Crippen LogP contribution is 2.23. The molecule has 5 heteroatoms. The molecule has 0 aliphatic carbocycles. The van der Waals surface area contributed by atoms with Gasteiger partial charge < -0.3 is 16.2 Å². The number of aliphatic hydroxyl groups is 1. The fourth-order valence-corrected chi connectivity index (χ4v) is 1.84. The first-order chi connectivity index (χ1) is 9.10. The van der Waals surface area contributed by atoms with Crippen molar-refractivity contribution < 1.29 is 5.11 Å². The molecule has 0 bridgehead atoms. The summed E-state index contributed by atoms with van der Waals surface area (Å²) in [5, 5.41) is 12.1. The number of benzene rings is 1. The van der Waals surface area contributed by atoms with Crippen LogP contribution < -0.4 is 11.1 Å². The van der Waals surface area contributed by atoms with Crippen molar-refractivity contribution in [3.63, 3.8) is 0 Å². The molecule has 0 unspecified atom stereocenters. The first-order valence-electron chi connectivity index (χ1n) is 6.17. The second-order valence-electron chi connectivity index (χ2n) is 4.41. The first kappa shape index (κ1) is 13.3. The third kappa shape index (κ3) is 3.20. The highest BCUT2D eigenvalue weighted by Gasteiger charge is 2.06. The zero-order valence-corrected chi connectivity index (χ0v) is 11.1. The highest BCUT2D eigenvalue weighted by atomic mass is 16.2. The first-order valence-corrected chi connectivity index (χ1v) is 6.17. The third-order valence-corrected chi connectivity index (χ3v) is 2.87. The van der Waals surface area contributed by atoms with Crippen LogP contribution in [-0.4, -0.2) is 21.7 Å². The average molecular weight is 258 g/mol. The molecule has 0 saturated heterocycles. The van der Waals surface area contributed by atoms with Gasteiger partial charge in [-0.1, -0.05) is 12.1 Å². The Morgan fingerprint density at radius 3 is 2.47 bits per heavy atom. The minimum Gasteiger partial charge on any atom is -0.396 e. The summed E-state index contributed by atoms with van der Waals surface area (Å²) in [6.45, 7) is 3.85. The van der Waals surface area contributed by atoms with Crippen LogP contribution in [0.5, 0.6) is 0 Å². The van der Waals surface area contributed by atoms with Gasteiger partial charge in [0.2, 0.25) is 0 Å². The third-order valence-electron chi connectivity index (χ3n) is 2.87. The van der Waals surface area contributed by atoms with Crippen molar-refractivity contribution in [2.75, 3.05) is 17.7 Å². The summed E-state index contributed by atoms with van der Waals surface area (Å²) >= 11 is 0. The predicted octanol–water partition coefficient (Wildman–Crippen LogP) is 1.95. The molecule has 0 aliphatic heterocycles. The van der Waals surface area contributed by atoms with Crippen LogP contribution in [0.1, 0.15) is 17.1 Å². The summed E-state index contributed by atoms with van der Waals surface area (Å²) < 4.78 is 0. The van der Waals surface area contributed by atoms with Gasteiger partial charge in [-0.2, -0.15) is 0 Å². The summed E-state index contributed by atoms with van der Waals surface area (Å²) in [5.41, 5.74) is 9.29. The molecule has 0 atom stereocenters. The summed E-state index contributed by atoms with van der Waals surface area (Å²) in [7, 11) is 0. The molecule has 2 aromatic rings. The van der Waals surface area contributed by atoms with E-state index in [1.165, 1.54) is 0 Å². The van der Waals surface area contributed by atoms with E-state index in [0.29, 0.717) is 23.8 Å². The second-order valence-corrected chi connectivity index (χ2v) is 4.41. The molecule has 0 saturated carbocycles. The van der Waals surface area contributed by atoms with Gasteiger partial charge in [0.1, 0.15) is 5.82 Å². The topological polar surface area (TPSA) is 84.1 Å². The number of aliphatic hydroxyl groups excluding tert-OH is 1. The number of aromatic nitrogens is 2. The van der Waals surface area contributed by atoms with E-state index in [9.17, 15) is 0 Å². The van der Waals surface area contributed by atoms with Gasteiger partial charge in [0, 0.05) is 12.3 Å². The van der Waals surface area contributed by atoms with E-state index in [1.54, 1.807) is 0 Å². The fraction of sp³-hybridized carbons (Fsp3) is 0.286. The van der Waals surface area contributed by atoms with Crippen LogP contribution in [-0.2, 0) is 6.42 Å². The number of nitrogens with zero attached hydrogens (tertiary/aromatic N) is 2. The smallest absolute Gasteiger partial charge is 0.157 e. The maximum absolute atomic E-state index is 8.87. The van der Waals surface area contributed by atoms with E-state index < -0.39 is 0 Å². The molecule has 1 aromatic carbocycles. The molecular weight excluding hydrogens is 240 g/mol. The predicted molar refractivity (Wildman–Crippen MR) is 76.4 cm³/mol. The van der Waals surface area contributed by atoms with Gasteiger partial charge in [-0.05, 0) is 38.0 Å². The van der Waals surface area contributed by atoms with Crippen molar-refractivity contribution >= 4 is 17.2 Å². The fourth-order valence-electron chi connectivity index (χ4n) is 1.84. The van der Waals surface area contributed by atoms with Gasteiger partial charge in [-0.3, -0.25) is 0 Å². The highest BCUT2D eigenvalue weighted by molar-refractivity contribution is 5.70. The summed E-state index contributed by atoms with van der Waals surface area (Å²) in [6.07, 6.45) is 0.661. The molecule has 0 spiro atoms. The number of nitrogens with two attached hydrogens (primary N) is 1. The average Bonchev–Trinajstić information content (AvgIpc) is 2.38. The van der Waals surface area contributed by atoms with Gasteiger partial charge in [0.15, 0.2) is 5.82 Å². The van der Waals surface area contributed by atoms with Crippen LogP contribution in [0.2, 0.25) is 0 Å². The standard InChI is InChI=1S/C14H18N4O/c1-9-13(15)14(17-10(2)16-9)18-12-5-3-11(4-6-12)7-8-19/h3-6,19H,7-8,15H2,1-2H3,(H,16,17,18). The molecule has 2 rings (SSSR count). The molecule has 100 valence electrons. The Kier molecular flexibility index (Phi) is 3.97. The zero-order valence-electron chi connectivity index (χ0n) is 11.1. The molecule has 0 aliphatic rings. The summed E-state index contributed by atoms with van der Waals surface area (Å²) in [6, 6.07) is 7.82. The van der Waals surface area contributed by atoms with E-state index >= 15 is 0 Å². The van der Waals surface area contributed by atoms with Gasteiger partial charge in [-0.15, -0.1) is 0 Å². The Bertz CT molecular complexity index is 566. The number of hydrogen-bond donors (Lipinski definition) is 3. The minimum atomic E-state index is 0.157. The van der Waals surface area contributed by atoms with Crippen LogP contribution in [0, 0.1) is 13.8 Å². The van der Waals surface area contributed by atoms with Crippen molar-refractivity contribution in [3.8, 4) is 0 Å². The van der Waals surface area contributed by atoms with E-state index in [4.69, 9.17) is 10.8 Å². The lowest BCUT2D eigenvalue weighted by atomic mass is 10.1. The van der Waals surface area contributed by atoms with Crippen LogP contribution in [0.25, 0.3) is 0 Å². The lowest BCUT2D eigenvalue weighted by Gasteiger charge is -2.11. The number of nitrogen functional groups attached to an aromatic ring is 1. The lowest BCUT2D eigenvalue weighted by molar-refractivity contribution is 0.299. The number of rotatable bonds is 4. The Morgan fingerprint density at radius 1 is 1.16 bits per heavy atom. The van der Waals surface area contributed by atoms with Gasteiger partial charge in [0.05, 0.1) is 11.4 Å². The van der Waals surface area contributed by atoms with Crippen molar-refractivity contribution in [2.24, 2.45) is 0 Å². The van der Waals surface area contributed by atoms with E-state index in [1.807, 2.05) is 38.1 Å². The molecular formula is C14H18N4O. The number of hydrogen-bond acceptors (Lipinski definition) is 5. The number of aryl methyl sites for hydroxylation is 2. The van der Waals surface area contributed by atoms with Crippen molar-refractivity contribution in [1.29, 1.82) is 0 Å². The molecule has 1 aromatic heterocycles. The normalized spacial score (nSPS) is 10.5. The maximum atomic E-state index is 8.87. The quantitative estimate of drug-likeness (QED) is 0.780. The lowest BCUT2D eigenvalue weighted by Crippen LogP contribution is -2.05. The van der Waals surface area contributed by atoms with Crippen molar-refractivity contribution in [2.45, 2.75) is 20.3 Å². The van der Waals surface area contributed by atoms with Crippen LogP contribution in [0.15, 0.2) is 24.3 Å². The Labute approximate surface area is 112 Å². The molecule has 5 nitrogen and oxygen atoms in total. The van der Waals surface area contributed by atoms with Gasteiger partial charge in [-0.25, -0.2) is 9.97 Å². The Balaban J connectivity index is 2.21. The number of nitrogens with one attached hydrogen (secondary N) is 1. The zero-order chi connectivity index (χ0) is 13.8. The maximum Gasteiger partial charge on any atom is 0.157 e. The molecule has 19 heavy (non-hydrogen) atoms. The Hall–Kier alpha value is -2.14. The van der Waals surface area contributed by atoms with Crippen LogP contribution >= 0.6 is 0 Å². The number of anilines is 3.